The molecule has 1 aliphatic rings. The Bertz CT molecular complexity index is 2390. The van der Waals surface area contributed by atoms with Crippen LogP contribution in [0.4, 0.5) is 0 Å². The second-order valence-corrected chi connectivity index (χ2v) is 13.3. The number of hydrogen-bond donors (Lipinski definition) is 0. The minimum atomic E-state index is -0.787. The highest BCUT2D eigenvalue weighted by Crippen LogP contribution is 2.38. The molecular weight excluding hydrogens is 643 g/mol. The molecule has 0 fully saturated rings. The first kappa shape index (κ1) is 32.8. The summed E-state index contributed by atoms with van der Waals surface area (Å²) in [5, 5.41) is 0. The molecule has 0 unspecified atom stereocenters. The highest BCUT2D eigenvalue weighted by atomic mass is 32.1. The zero-order valence-electron chi connectivity index (χ0n) is 28.4. The fraction of sp³-hybridized carbons (Fsp3) is 0.167. The van der Waals surface area contributed by atoms with Crippen LogP contribution in [-0.4, -0.2) is 27.8 Å². The van der Waals surface area contributed by atoms with Crippen molar-refractivity contribution in [3.63, 3.8) is 0 Å². The van der Waals surface area contributed by atoms with Crippen molar-refractivity contribution in [2.45, 2.75) is 39.8 Å². The van der Waals surface area contributed by atoms with Crippen molar-refractivity contribution >= 4 is 23.4 Å². The minimum Gasteiger partial charge on any atom is -0.491 e. The maximum atomic E-state index is 14.7. The Morgan fingerprint density at radius 3 is 2.16 bits per heavy atom. The molecule has 0 amide bonds. The average molecular weight is 680 g/mol. The maximum Gasteiger partial charge on any atom is 0.338 e. The van der Waals surface area contributed by atoms with Crippen LogP contribution in [-0.2, 0) is 9.53 Å². The van der Waals surface area contributed by atoms with Crippen LogP contribution < -0.4 is 19.6 Å². The van der Waals surface area contributed by atoms with Crippen molar-refractivity contribution in [3.05, 3.63) is 163 Å². The molecule has 4 aromatic carbocycles. The summed E-state index contributed by atoms with van der Waals surface area (Å²) in [6.07, 6.45) is 1.83. The first-order chi connectivity index (χ1) is 24.4. The van der Waals surface area contributed by atoms with Crippen LogP contribution in [0.3, 0.4) is 0 Å². The van der Waals surface area contributed by atoms with E-state index in [2.05, 4.69) is 47.0 Å². The van der Waals surface area contributed by atoms with Crippen molar-refractivity contribution in [2.75, 3.05) is 6.61 Å². The van der Waals surface area contributed by atoms with Gasteiger partial charge in [-0.05, 0) is 69.2 Å². The molecule has 6 aromatic rings. The Morgan fingerprint density at radius 1 is 0.880 bits per heavy atom. The molecule has 8 heteroatoms. The maximum absolute atomic E-state index is 14.7. The molecule has 0 saturated heterocycles. The first-order valence-electron chi connectivity index (χ1n) is 16.7. The molecule has 50 heavy (non-hydrogen) atoms. The van der Waals surface area contributed by atoms with Crippen molar-refractivity contribution in [1.29, 1.82) is 0 Å². The molecule has 1 atom stereocenters. The van der Waals surface area contributed by atoms with E-state index in [9.17, 15) is 9.59 Å². The van der Waals surface area contributed by atoms with Crippen LogP contribution in [0, 0.1) is 0 Å². The van der Waals surface area contributed by atoms with E-state index >= 15 is 0 Å². The second kappa shape index (κ2) is 14.0. The highest BCUT2D eigenvalue weighted by molar-refractivity contribution is 7.07. The summed E-state index contributed by atoms with van der Waals surface area (Å²) in [5.74, 6) is 0.0866. The zero-order chi connectivity index (χ0) is 34.8. The summed E-state index contributed by atoms with van der Waals surface area (Å²) in [7, 11) is 0. The van der Waals surface area contributed by atoms with Gasteiger partial charge in [0.2, 0.25) is 0 Å². The number of para-hydroxylation sites is 2. The third-order valence-corrected chi connectivity index (χ3v) is 9.52. The zero-order valence-corrected chi connectivity index (χ0v) is 29.2. The van der Waals surface area contributed by atoms with E-state index in [0.29, 0.717) is 31.9 Å². The molecule has 0 bridgehead atoms. The van der Waals surface area contributed by atoms with Gasteiger partial charge in [0.05, 0.1) is 39.9 Å². The van der Waals surface area contributed by atoms with E-state index < -0.39 is 12.0 Å². The molecule has 7 nitrogen and oxygen atoms in total. The van der Waals surface area contributed by atoms with Gasteiger partial charge >= 0.3 is 5.97 Å². The molecule has 0 saturated carbocycles. The number of esters is 1. The molecular formula is C42H37N3O4S. The van der Waals surface area contributed by atoms with Crippen molar-refractivity contribution in [1.82, 2.24) is 9.13 Å². The van der Waals surface area contributed by atoms with Crippen molar-refractivity contribution in [2.24, 2.45) is 4.99 Å². The lowest BCUT2D eigenvalue weighted by Crippen LogP contribution is -2.40. The fourth-order valence-electron chi connectivity index (χ4n) is 6.49. The molecule has 0 radical (unpaired) electrons. The van der Waals surface area contributed by atoms with E-state index in [1.807, 2.05) is 98.8 Å². The number of nitrogens with zero attached hydrogens (tertiary/aromatic N) is 3. The van der Waals surface area contributed by atoms with E-state index in [-0.39, 0.29) is 18.3 Å². The Hall–Kier alpha value is -5.73. The van der Waals surface area contributed by atoms with Gasteiger partial charge in [-0.3, -0.25) is 9.36 Å². The number of fused-ring (bicyclic) bond motifs is 1. The number of allylic oxidation sites excluding steroid dienone is 1. The number of hydrogen-bond acceptors (Lipinski definition) is 6. The molecule has 1 aliphatic heterocycles. The first-order valence-corrected chi connectivity index (χ1v) is 17.5. The summed E-state index contributed by atoms with van der Waals surface area (Å²) in [4.78, 5) is 33.6. The Labute approximate surface area is 294 Å². The third kappa shape index (κ3) is 6.14. The number of thiazole rings is 1. The molecule has 7 rings (SSSR count). The minimum absolute atomic E-state index is 0.119. The molecule has 0 N–H and O–H groups in total. The summed E-state index contributed by atoms with van der Waals surface area (Å²) in [5.41, 5.74) is 7.15. The number of ether oxygens (including phenoxy) is 2. The van der Waals surface area contributed by atoms with E-state index in [1.54, 1.807) is 18.4 Å². The number of rotatable bonds is 9. The smallest absolute Gasteiger partial charge is 0.338 e. The molecule has 3 heterocycles. The lowest BCUT2D eigenvalue weighted by molar-refractivity contribution is -0.139. The van der Waals surface area contributed by atoms with Gasteiger partial charge in [-0.2, -0.15) is 0 Å². The fourth-order valence-corrected chi connectivity index (χ4v) is 7.53. The Kier molecular flexibility index (Phi) is 9.19. The monoisotopic (exact) mass is 679 g/mol. The lowest BCUT2D eigenvalue weighted by Gasteiger charge is -2.26. The summed E-state index contributed by atoms with van der Waals surface area (Å²) < 4.78 is 16.1. The summed E-state index contributed by atoms with van der Waals surface area (Å²) in [6, 6.07) is 39.6. The lowest BCUT2D eigenvalue weighted by atomic mass is 9.95. The Balaban J connectivity index is 1.51. The van der Waals surface area contributed by atoms with Gasteiger partial charge in [0, 0.05) is 16.8 Å². The van der Waals surface area contributed by atoms with Gasteiger partial charge < -0.3 is 14.0 Å². The van der Waals surface area contributed by atoms with E-state index in [4.69, 9.17) is 14.5 Å². The van der Waals surface area contributed by atoms with Gasteiger partial charge in [-0.15, -0.1) is 0 Å². The Morgan fingerprint density at radius 2 is 1.50 bits per heavy atom. The van der Waals surface area contributed by atoms with Crippen LogP contribution >= 0.6 is 11.3 Å². The number of benzene rings is 4. The van der Waals surface area contributed by atoms with Gasteiger partial charge in [0.1, 0.15) is 11.8 Å². The topological polar surface area (TPSA) is 74.8 Å². The van der Waals surface area contributed by atoms with Crippen LogP contribution in [0.15, 0.2) is 142 Å². The third-order valence-electron chi connectivity index (χ3n) is 8.54. The molecule has 250 valence electrons. The molecule has 0 aliphatic carbocycles. The van der Waals surface area contributed by atoms with Gasteiger partial charge in [0.15, 0.2) is 4.80 Å². The predicted octanol–water partition coefficient (Wildman–Crippen LogP) is 7.71. The van der Waals surface area contributed by atoms with Gasteiger partial charge in [-0.25, -0.2) is 9.79 Å². The standard InChI is InChI=1S/C42H37N3O4S/c1-5-48-41(47)37-28(4)43-42-45(39(37)33-23-15-16-24-35(33)49-27(2)3)40(46)36(50-42)26-31-25-34(29-17-9-6-10-18-29)44(32-21-13-8-14-22-32)38(31)30-19-11-7-12-20-30/h6-27,39H,5H2,1-4H3/b36-26-/t39-/m1/s1. The van der Waals surface area contributed by atoms with Gasteiger partial charge in [0.25, 0.3) is 5.56 Å². The highest BCUT2D eigenvalue weighted by Gasteiger charge is 2.35. The normalized spacial score (nSPS) is 14.4. The predicted molar refractivity (Wildman–Crippen MR) is 199 cm³/mol. The largest absolute Gasteiger partial charge is 0.491 e. The summed E-state index contributed by atoms with van der Waals surface area (Å²) in [6.45, 7) is 7.66. The average Bonchev–Trinajstić information content (AvgIpc) is 3.65. The van der Waals surface area contributed by atoms with E-state index in [0.717, 1.165) is 33.8 Å². The van der Waals surface area contributed by atoms with Crippen LogP contribution in [0.5, 0.6) is 5.75 Å². The van der Waals surface area contributed by atoms with Crippen LogP contribution in [0.1, 0.15) is 44.9 Å². The number of carbonyl (C=O) groups excluding carboxylic acids is 1. The van der Waals surface area contributed by atoms with E-state index in [1.165, 1.54) is 11.3 Å². The van der Waals surface area contributed by atoms with Gasteiger partial charge in [-0.1, -0.05) is 108 Å². The molecule has 2 aromatic heterocycles. The van der Waals surface area contributed by atoms with Crippen molar-refractivity contribution < 1.29 is 14.3 Å². The van der Waals surface area contributed by atoms with Crippen molar-refractivity contribution in [3.8, 4) is 34.0 Å². The number of carbonyl (C=O) groups is 1. The van der Waals surface area contributed by atoms with Crippen LogP contribution in [0.2, 0.25) is 0 Å². The summed E-state index contributed by atoms with van der Waals surface area (Å²) >= 11 is 1.31. The quantitative estimate of drug-likeness (QED) is 0.147. The SMILES string of the molecule is CCOC(=O)C1=C(C)N=c2s/c(=C\c3cc(-c4ccccc4)n(-c4ccccc4)c3-c3ccccc3)c(=O)n2[C@@H]1c1ccccc1OC(C)C. The van der Waals surface area contributed by atoms with Crippen LogP contribution in [0.25, 0.3) is 34.3 Å². The number of aromatic nitrogens is 2. The second-order valence-electron chi connectivity index (χ2n) is 12.2. The molecule has 0 spiro atoms.